The van der Waals surface area contributed by atoms with Gasteiger partial charge in [-0.1, -0.05) is 36.9 Å². The van der Waals surface area contributed by atoms with Gasteiger partial charge in [-0.05, 0) is 44.4 Å². The highest BCUT2D eigenvalue weighted by Crippen LogP contribution is 2.30. The number of hydrogen-bond donors (Lipinski definition) is 1. The molecule has 0 aliphatic rings. The van der Waals surface area contributed by atoms with E-state index in [2.05, 4.69) is 48.4 Å². The lowest BCUT2D eigenvalue weighted by atomic mass is 10.1. The van der Waals surface area contributed by atoms with Crippen molar-refractivity contribution in [2.24, 2.45) is 0 Å². The Morgan fingerprint density at radius 3 is 2.72 bits per heavy atom. The minimum absolute atomic E-state index is 0.0221. The summed E-state index contributed by atoms with van der Waals surface area (Å²) in [5.74, 6) is -0.0221. The highest BCUT2D eigenvalue weighted by molar-refractivity contribution is 8.00. The first-order valence-corrected chi connectivity index (χ1v) is 10.0. The van der Waals surface area contributed by atoms with Crippen molar-refractivity contribution in [3.8, 4) is 0 Å². The highest BCUT2D eigenvalue weighted by atomic mass is 32.2. The van der Waals surface area contributed by atoms with E-state index in [1.807, 2.05) is 19.2 Å². The number of thioether (sulfide) groups is 1. The molecule has 2 heterocycles. The Morgan fingerprint density at radius 1 is 1.24 bits per heavy atom. The van der Waals surface area contributed by atoms with Gasteiger partial charge in [-0.2, -0.15) is 0 Å². The van der Waals surface area contributed by atoms with Crippen molar-refractivity contribution in [1.29, 1.82) is 0 Å². The van der Waals surface area contributed by atoms with Crippen LogP contribution in [0, 0.1) is 20.8 Å². The molecule has 0 saturated heterocycles. The molecule has 3 aromatic rings. The summed E-state index contributed by atoms with van der Waals surface area (Å²) in [5.41, 5.74) is 4.26. The second kappa shape index (κ2) is 7.54. The molecule has 1 unspecified atom stereocenters. The first-order valence-electron chi connectivity index (χ1n) is 8.24. The van der Waals surface area contributed by atoms with E-state index in [0.717, 1.165) is 28.2 Å². The zero-order valence-electron chi connectivity index (χ0n) is 14.8. The van der Waals surface area contributed by atoms with Gasteiger partial charge in [-0.25, -0.2) is 9.97 Å². The number of nitrogens with zero attached hydrogens (tertiary/aromatic N) is 2. The Morgan fingerprint density at radius 2 is 2.04 bits per heavy atom. The molecular formula is C19H21N3OS2. The van der Waals surface area contributed by atoms with E-state index in [1.165, 1.54) is 34.0 Å². The van der Waals surface area contributed by atoms with Gasteiger partial charge in [0.15, 0.2) is 5.13 Å². The fourth-order valence-electron chi connectivity index (χ4n) is 2.66. The Kier molecular flexibility index (Phi) is 5.39. The molecule has 0 fully saturated rings. The van der Waals surface area contributed by atoms with Crippen LogP contribution in [0.5, 0.6) is 0 Å². The Labute approximate surface area is 156 Å². The second-order valence-corrected chi connectivity index (χ2v) is 8.13. The molecule has 1 atom stereocenters. The number of carbonyl (C=O) groups excluding carboxylic acids is 1. The number of thiazole rings is 1. The third kappa shape index (κ3) is 4.02. The number of anilines is 1. The number of aryl methyl sites for hydroxylation is 3. The molecule has 0 bridgehead atoms. The van der Waals surface area contributed by atoms with Gasteiger partial charge in [0.25, 0.3) is 0 Å². The van der Waals surface area contributed by atoms with Crippen LogP contribution in [0.3, 0.4) is 0 Å². The van der Waals surface area contributed by atoms with Crippen molar-refractivity contribution in [2.75, 3.05) is 5.32 Å². The molecule has 6 heteroatoms. The van der Waals surface area contributed by atoms with Crippen molar-refractivity contribution in [3.05, 3.63) is 46.5 Å². The molecule has 130 valence electrons. The molecule has 4 nitrogen and oxygen atoms in total. The molecule has 0 saturated carbocycles. The van der Waals surface area contributed by atoms with E-state index in [4.69, 9.17) is 4.98 Å². The molecule has 2 aromatic heterocycles. The maximum atomic E-state index is 12.6. The maximum Gasteiger partial charge on any atom is 0.239 e. The second-order valence-electron chi connectivity index (χ2n) is 6.05. The first-order chi connectivity index (χ1) is 12.0. The molecule has 3 rings (SSSR count). The monoisotopic (exact) mass is 371 g/mol. The molecular weight excluding hydrogens is 350 g/mol. The van der Waals surface area contributed by atoms with Gasteiger partial charge in [0.1, 0.15) is 0 Å². The highest BCUT2D eigenvalue weighted by Gasteiger charge is 2.20. The van der Waals surface area contributed by atoms with Crippen molar-refractivity contribution in [3.63, 3.8) is 0 Å². The van der Waals surface area contributed by atoms with Crippen LogP contribution < -0.4 is 5.32 Å². The minimum atomic E-state index is -0.197. The molecule has 0 aliphatic heterocycles. The van der Waals surface area contributed by atoms with E-state index in [1.54, 1.807) is 0 Å². The largest absolute Gasteiger partial charge is 0.301 e. The van der Waals surface area contributed by atoms with Crippen LogP contribution in [0.15, 0.2) is 34.7 Å². The van der Waals surface area contributed by atoms with Crippen molar-refractivity contribution in [1.82, 2.24) is 9.97 Å². The van der Waals surface area contributed by atoms with Gasteiger partial charge in [0, 0.05) is 10.8 Å². The van der Waals surface area contributed by atoms with Crippen molar-refractivity contribution >= 4 is 45.0 Å². The third-order valence-electron chi connectivity index (χ3n) is 4.00. The summed E-state index contributed by atoms with van der Waals surface area (Å²) in [4.78, 5) is 21.7. The van der Waals surface area contributed by atoms with Gasteiger partial charge in [-0.3, -0.25) is 4.79 Å². The molecule has 25 heavy (non-hydrogen) atoms. The standard InChI is InChI=1S/C19H21N3OS2/c1-5-15(18(23)22-19-20-13(4)10-24-19)25-16-9-12(3)14-8-6-7-11(2)17(14)21-16/h6-10,15H,5H2,1-4H3,(H,20,22,23). The number of nitrogens with one attached hydrogen (secondary N) is 1. The van der Waals surface area contributed by atoms with E-state index >= 15 is 0 Å². The van der Waals surface area contributed by atoms with Crippen LogP contribution in [0.25, 0.3) is 10.9 Å². The first kappa shape index (κ1) is 17.9. The zero-order valence-corrected chi connectivity index (χ0v) is 16.4. The predicted molar refractivity (Wildman–Crippen MR) is 107 cm³/mol. The SMILES string of the molecule is CCC(Sc1cc(C)c2cccc(C)c2n1)C(=O)Nc1nc(C)cs1. The lowest BCUT2D eigenvalue weighted by molar-refractivity contribution is -0.115. The van der Waals surface area contributed by atoms with Crippen LogP contribution in [0.2, 0.25) is 0 Å². The fourth-order valence-corrected chi connectivity index (χ4v) is 4.36. The number of para-hydroxylation sites is 1. The van der Waals surface area contributed by atoms with Gasteiger partial charge < -0.3 is 5.32 Å². The molecule has 1 N–H and O–H groups in total. The van der Waals surface area contributed by atoms with Crippen LogP contribution in [-0.2, 0) is 4.79 Å². The summed E-state index contributed by atoms with van der Waals surface area (Å²) in [5, 5.41) is 7.36. The smallest absolute Gasteiger partial charge is 0.239 e. The molecule has 1 aromatic carbocycles. The maximum absolute atomic E-state index is 12.6. The number of fused-ring (bicyclic) bond motifs is 1. The predicted octanol–water partition coefficient (Wildman–Crippen LogP) is 5.13. The number of amides is 1. The number of aromatic nitrogens is 2. The van der Waals surface area contributed by atoms with E-state index in [-0.39, 0.29) is 11.2 Å². The van der Waals surface area contributed by atoms with Gasteiger partial charge in [0.2, 0.25) is 5.91 Å². The van der Waals surface area contributed by atoms with Gasteiger partial charge in [-0.15, -0.1) is 11.3 Å². The average molecular weight is 372 g/mol. The van der Waals surface area contributed by atoms with E-state index in [0.29, 0.717) is 5.13 Å². The lowest BCUT2D eigenvalue weighted by Gasteiger charge is -2.14. The third-order valence-corrected chi connectivity index (χ3v) is 6.16. The number of benzene rings is 1. The summed E-state index contributed by atoms with van der Waals surface area (Å²) in [6.45, 7) is 8.09. The summed E-state index contributed by atoms with van der Waals surface area (Å²) >= 11 is 2.96. The van der Waals surface area contributed by atoms with Crippen molar-refractivity contribution < 1.29 is 4.79 Å². The van der Waals surface area contributed by atoms with Crippen LogP contribution in [0.1, 0.15) is 30.2 Å². The summed E-state index contributed by atoms with van der Waals surface area (Å²) in [6.07, 6.45) is 0.730. The van der Waals surface area contributed by atoms with E-state index in [9.17, 15) is 4.79 Å². The van der Waals surface area contributed by atoms with Gasteiger partial charge in [0.05, 0.1) is 21.5 Å². The quantitative estimate of drug-likeness (QED) is 0.632. The van der Waals surface area contributed by atoms with Crippen LogP contribution in [0.4, 0.5) is 5.13 Å². The Balaban J connectivity index is 1.82. The number of pyridine rings is 1. The number of carbonyl (C=O) groups is 1. The topological polar surface area (TPSA) is 54.9 Å². The van der Waals surface area contributed by atoms with Crippen LogP contribution in [-0.4, -0.2) is 21.1 Å². The molecule has 1 amide bonds. The van der Waals surface area contributed by atoms with Gasteiger partial charge >= 0.3 is 0 Å². The summed E-state index contributed by atoms with van der Waals surface area (Å²) in [6, 6.07) is 8.28. The van der Waals surface area contributed by atoms with E-state index < -0.39 is 0 Å². The average Bonchev–Trinajstić information content (AvgIpc) is 2.98. The molecule has 0 spiro atoms. The Bertz CT molecular complexity index is 920. The normalized spacial score (nSPS) is 12.3. The molecule has 0 aliphatic carbocycles. The Hall–Kier alpha value is -1.92. The zero-order chi connectivity index (χ0) is 18.0. The lowest BCUT2D eigenvalue weighted by Crippen LogP contribution is -2.24. The molecule has 0 radical (unpaired) electrons. The number of hydrogen-bond acceptors (Lipinski definition) is 5. The van der Waals surface area contributed by atoms with Crippen LogP contribution >= 0.6 is 23.1 Å². The van der Waals surface area contributed by atoms with Crippen molar-refractivity contribution in [2.45, 2.75) is 44.4 Å². The minimum Gasteiger partial charge on any atom is -0.301 e. The summed E-state index contributed by atoms with van der Waals surface area (Å²) < 4.78 is 0. The fraction of sp³-hybridized carbons (Fsp3) is 0.316. The summed E-state index contributed by atoms with van der Waals surface area (Å²) in [7, 11) is 0. The number of rotatable bonds is 5.